The van der Waals surface area contributed by atoms with Gasteiger partial charge in [-0.15, -0.1) is 0 Å². The van der Waals surface area contributed by atoms with Gasteiger partial charge in [0.2, 0.25) is 0 Å². The molecule has 0 unspecified atom stereocenters. The van der Waals surface area contributed by atoms with Crippen LogP contribution >= 0.6 is 0 Å². The van der Waals surface area contributed by atoms with Crippen LogP contribution in [0.25, 0.3) is 10.9 Å². The van der Waals surface area contributed by atoms with Crippen molar-refractivity contribution >= 4 is 11.8 Å². The maximum atomic E-state index is 6.87. The molecule has 0 spiro atoms. The van der Waals surface area contributed by atoms with Crippen LogP contribution < -0.4 is 0 Å². The molecule has 0 amide bonds. The van der Waals surface area contributed by atoms with Crippen LogP contribution in [-0.4, -0.2) is 7.11 Å². The molecule has 0 radical (unpaired) electrons. The molecule has 1 aromatic rings. The second kappa shape index (κ2) is 4.20. The lowest BCUT2D eigenvalue weighted by molar-refractivity contribution is 0.341. The fourth-order valence-corrected chi connectivity index (χ4v) is 0.872. The Morgan fingerprint density at radius 3 is 2.83 bits per heavy atom. The van der Waals surface area contributed by atoms with Crippen LogP contribution in [0, 0.1) is 6.57 Å². The van der Waals surface area contributed by atoms with E-state index in [9.17, 15) is 0 Å². The molecule has 1 aromatic carbocycles. The van der Waals surface area contributed by atoms with Gasteiger partial charge in [0.05, 0.1) is 19.9 Å². The lowest BCUT2D eigenvalue weighted by Gasteiger charge is -1.95. The normalized spacial score (nSPS) is 9.67. The topological polar surface area (TPSA) is 13.6 Å². The fraction of sp³-hybridized carbons (Fsp3) is 0.100. The van der Waals surface area contributed by atoms with Crippen molar-refractivity contribution in [3.05, 3.63) is 47.5 Å². The van der Waals surface area contributed by atoms with E-state index in [4.69, 9.17) is 11.3 Å². The van der Waals surface area contributed by atoms with Gasteiger partial charge in [0.25, 0.3) is 0 Å². The van der Waals surface area contributed by atoms with E-state index in [2.05, 4.69) is 4.85 Å². The van der Waals surface area contributed by atoms with Crippen molar-refractivity contribution in [1.29, 1.82) is 0 Å². The number of benzene rings is 1. The van der Waals surface area contributed by atoms with Crippen molar-refractivity contribution in [2.24, 2.45) is 0 Å². The molecule has 0 saturated carbocycles. The van der Waals surface area contributed by atoms with Gasteiger partial charge in [0, 0.05) is 0 Å². The Kier molecular flexibility index (Phi) is 2.92. The first-order valence-electron chi connectivity index (χ1n) is 3.54. The van der Waals surface area contributed by atoms with Crippen LogP contribution in [0.2, 0.25) is 0 Å². The summed E-state index contributed by atoms with van der Waals surface area (Å²) in [5.74, 6) is 0. The van der Waals surface area contributed by atoms with E-state index >= 15 is 0 Å². The molecule has 12 heavy (non-hydrogen) atoms. The molecule has 2 nitrogen and oxygen atoms in total. The third-order valence-corrected chi connectivity index (χ3v) is 1.44. The van der Waals surface area contributed by atoms with Gasteiger partial charge in [0.15, 0.2) is 5.69 Å². The first kappa shape index (κ1) is 8.35. The number of rotatable bonds is 2. The van der Waals surface area contributed by atoms with Gasteiger partial charge in [-0.2, -0.15) is 0 Å². The molecular formula is C10H9NO. The lowest BCUT2D eigenvalue weighted by atomic mass is 10.2. The lowest BCUT2D eigenvalue weighted by Crippen LogP contribution is -1.72. The second-order valence-electron chi connectivity index (χ2n) is 2.21. The van der Waals surface area contributed by atoms with Gasteiger partial charge in [0.1, 0.15) is 0 Å². The standard InChI is InChI=1S/C10H9NO/c1-11-10-6-4-3-5-9(10)7-8-12-2/h3-8H,2H3. The summed E-state index contributed by atoms with van der Waals surface area (Å²) in [6, 6.07) is 7.40. The van der Waals surface area contributed by atoms with Crippen LogP contribution in [0.5, 0.6) is 0 Å². The van der Waals surface area contributed by atoms with E-state index in [0.717, 1.165) is 5.56 Å². The summed E-state index contributed by atoms with van der Waals surface area (Å²) in [5, 5.41) is 0. The highest BCUT2D eigenvalue weighted by Gasteiger charge is 1.94. The molecule has 0 aliphatic heterocycles. The van der Waals surface area contributed by atoms with E-state index in [0.29, 0.717) is 5.69 Å². The molecule has 0 fully saturated rings. The largest absolute Gasteiger partial charge is 0.504 e. The highest BCUT2D eigenvalue weighted by molar-refractivity contribution is 5.66. The average molecular weight is 159 g/mol. The van der Waals surface area contributed by atoms with Crippen LogP contribution in [-0.2, 0) is 4.74 Å². The summed E-state index contributed by atoms with van der Waals surface area (Å²) in [6.45, 7) is 6.87. The zero-order chi connectivity index (χ0) is 8.81. The third kappa shape index (κ3) is 1.86. The molecule has 60 valence electrons. The van der Waals surface area contributed by atoms with Crippen molar-refractivity contribution in [3.8, 4) is 0 Å². The van der Waals surface area contributed by atoms with Gasteiger partial charge >= 0.3 is 0 Å². The molecule has 1 rings (SSSR count). The van der Waals surface area contributed by atoms with E-state index in [1.54, 1.807) is 25.5 Å². The molecule has 0 aliphatic rings. The second-order valence-corrected chi connectivity index (χ2v) is 2.21. The van der Waals surface area contributed by atoms with Crippen molar-refractivity contribution in [1.82, 2.24) is 0 Å². The fourth-order valence-electron chi connectivity index (χ4n) is 0.872. The highest BCUT2D eigenvalue weighted by Crippen LogP contribution is 2.19. The van der Waals surface area contributed by atoms with Crippen molar-refractivity contribution in [2.45, 2.75) is 0 Å². The van der Waals surface area contributed by atoms with Gasteiger partial charge in [-0.3, -0.25) is 0 Å². The van der Waals surface area contributed by atoms with Gasteiger partial charge in [-0.05, 0) is 11.6 Å². The minimum atomic E-state index is 0.644. The SMILES string of the molecule is [C-]#[N+]c1ccccc1C=COC. The predicted octanol–water partition coefficient (Wildman–Crippen LogP) is 2.85. The van der Waals surface area contributed by atoms with E-state index < -0.39 is 0 Å². The average Bonchev–Trinajstić information content (AvgIpc) is 2.15. The molecule has 0 saturated heterocycles. The molecule has 2 heteroatoms. The maximum absolute atomic E-state index is 6.87. The number of hydrogen-bond acceptors (Lipinski definition) is 1. The molecule has 0 bridgehead atoms. The molecule has 0 aromatic heterocycles. The number of para-hydroxylation sites is 1. The minimum absolute atomic E-state index is 0.644. The quantitative estimate of drug-likeness (QED) is 0.478. The molecular weight excluding hydrogens is 150 g/mol. The Bertz CT molecular complexity index is 323. The smallest absolute Gasteiger partial charge is 0.194 e. The molecule has 0 heterocycles. The summed E-state index contributed by atoms with van der Waals surface area (Å²) in [6.07, 6.45) is 3.33. The van der Waals surface area contributed by atoms with E-state index in [1.807, 2.05) is 18.2 Å². The van der Waals surface area contributed by atoms with Crippen LogP contribution in [0.3, 0.4) is 0 Å². The zero-order valence-electron chi connectivity index (χ0n) is 6.82. The first-order chi connectivity index (χ1) is 5.88. The Labute approximate surface area is 71.9 Å². The first-order valence-corrected chi connectivity index (χ1v) is 3.54. The summed E-state index contributed by atoms with van der Waals surface area (Å²) in [4.78, 5) is 3.37. The van der Waals surface area contributed by atoms with Crippen molar-refractivity contribution in [3.63, 3.8) is 0 Å². The molecule has 0 N–H and O–H groups in total. The number of methoxy groups -OCH3 is 1. The van der Waals surface area contributed by atoms with Crippen molar-refractivity contribution < 1.29 is 4.74 Å². The predicted molar refractivity (Wildman–Crippen MR) is 48.7 cm³/mol. The minimum Gasteiger partial charge on any atom is -0.504 e. The van der Waals surface area contributed by atoms with Crippen molar-refractivity contribution in [2.75, 3.05) is 7.11 Å². The van der Waals surface area contributed by atoms with Gasteiger partial charge in [-0.1, -0.05) is 24.3 Å². The van der Waals surface area contributed by atoms with E-state index in [-0.39, 0.29) is 0 Å². The van der Waals surface area contributed by atoms with E-state index in [1.165, 1.54) is 0 Å². The Balaban J connectivity index is 2.99. The number of nitrogens with zero attached hydrogens (tertiary/aromatic N) is 1. The highest BCUT2D eigenvalue weighted by atomic mass is 16.5. The molecule has 0 aliphatic carbocycles. The summed E-state index contributed by atoms with van der Waals surface area (Å²) >= 11 is 0. The summed E-state index contributed by atoms with van der Waals surface area (Å²) < 4.78 is 4.76. The number of hydrogen-bond donors (Lipinski definition) is 0. The number of ether oxygens (including phenoxy) is 1. The maximum Gasteiger partial charge on any atom is 0.194 e. The third-order valence-electron chi connectivity index (χ3n) is 1.44. The Hall–Kier alpha value is -1.75. The van der Waals surface area contributed by atoms with Crippen LogP contribution in [0.1, 0.15) is 5.56 Å². The summed E-state index contributed by atoms with van der Waals surface area (Å²) in [7, 11) is 1.58. The monoisotopic (exact) mass is 159 g/mol. The summed E-state index contributed by atoms with van der Waals surface area (Å²) in [5.41, 5.74) is 1.53. The zero-order valence-corrected chi connectivity index (χ0v) is 6.82. The van der Waals surface area contributed by atoms with Crippen LogP contribution in [0.4, 0.5) is 5.69 Å². The van der Waals surface area contributed by atoms with Gasteiger partial charge < -0.3 is 4.74 Å². The molecule has 0 atom stereocenters. The van der Waals surface area contributed by atoms with Crippen LogP contribution in [0.15, 0.2) is 30.5 Å². The van der Waals surface area contributed by atoms with Gasteiger partial charge in [-0.25, -0.2) is 4.85 Å². The Morgan fingerprint density at radius 1 is 1.42 bits per heavy atom. The Morgan fingerprint density at radius 2 is 2.17 bits per heavy atom.